The maximum Gasteiger partial charge on any atom is 0.0829 e. The number of ether oxygens (including phenoxy) is 1. The van der Waals surface area contributed by atoms with Gasteiger partial charge in [-0.3, -0.25) is 4.90 Å². The van der Waals surface area contributed by atoms with Gasteiger partial charge in [-0.1, -0.05) is 48.5 Å². The van der Waals surface area contributed by atoms with Crippen LogP contribution in [0, 0.1) is 0 Å². The highest BCUT2D eigenvalue weighted by Crippen LogP contribution is 2.28. The van der Waals surface area contributed by atoms with E-state index < -0.39 is 0 Å². The zero-order valence-electron chi connectivity index (χ0n) is 15.7. The van der Waals surface area contributed by atoms with Gasteiger partial charge in [0.1, 0.15) is 0 Å². The minimum absolute atomic E-state index is 0.0197. The average Bonchev–Trinajstić information content (AvgIpc) is 2.64. The van der Waals surface area contributed by atoms with Crippen molar-refractivity contribution in [1.82, 2.24) is 9.80 Å². The van der Waals surface area contributed by atoms with E-state index in [1.54, 1.807) is 0 Å². The van der Waals surface area contributed by atoms with E-state index >= 15 is 0 Å². The van der Waals surface area contributed by atoms with Crippen molar-refractivity contribution in [3.8, 4) is 11.1 Å². The van der Waals surface area contributed by atoms with Crippen molar-refractivity contribution in [3.63, 3.8) is 0 Å². The maximum absolute atomic E-state index is 5.90. The van der Waals surface area contributed by atoms with Gasteiger partial charge in [0.2, 0.25) is 0 Å². The predicted molar refractivity (Wildman–Crippen MR) is 105 cm³/mol. The molecule has 0 saturated carbocycles. The molecule has 1 aliphatic heterocycles. The van der Waals surface area contributed by atoms with Gasteiger partial charge in [-0.05, 0) is 49.7 Å². The van der Waals surface area contributed by atoms with E-state index in [2.05, 4.69) is 78.5 Å². The SMILES string of the molecule is COC1(CN(C)C)CCN(Cc2cccc(-c3ccccc3)c2)CC1. The molecular weight excluding hydrogens is 308 g/mol. The van der Waals surface area contributed by atoms with Gasteiger partial charge < -0.3 is 9.64 Å². The van der Waals surface area contributed by atoms with Crippen LogP contribution in [0.4, 0.5) is 0 Å². The number of piperidine rings is 1. The van der Waals surface area contributed by atoms with Crippen molar-refractivity contribution < 1.29 is 4.74 Å². The Morgan fingerprint density at radius 1 is 0.960 bits per heavy atom. The summed E-state index contributed by atoms with van der Waals surface area (Å²) in [4.78, 5) is 4.79. The predicted octanol–water partition coefficient (Wildman–Crippen LogP) is 3.90. The minimum Gasteiger partial charge on any atom is -0.377 e. The minimum atomic E-state index is 0.0197. The molecule has 0 spiro atoms. The highest BCUT2D eigenvalue weighted by molar-refractivity contribution is 5.63. The molecule has 2 aromatic carbocycles. The molecular formula is C22H30N2O. The summed E-state index contributed by atoms with van der Waals surface area (Å²) in [6.07, 6.45) is 2.19. The molecule has 0 unspecified atom stereocenters. The molecule has 0 radical (unpaired) electrons. The van der Waals surface area contributed by atoms with Gasteiger partial charge in [-0.2, -0.15) is 0 Å². The van der Waals surface area contributed by atoms with Crippen LogP contribution in [0.5, 0.6) is 0 Å². The Labute approximate surface area is 152 Å². The van der Waals surface area contributed by atoms with Gasteiger partial charge in [-0.25, -0.2) is 0 Å². The van der Waals surface area contributed by atoms with Crippen molar-refractivity contribution in [2.24, 2.45) is 0 Å². The van der Waals surface area contributed by atoms with Crippen LogP contribution >= 0.6 is 0 Å². The third-order valence-electron chi connectivity index (χ3n) is 5.24. The van der Waals surface area contributed by atoms with E-state index in [4.69, 9.17) is 4.74 Å². The third-order valence-corrected chi connectivity index (χ3v) is 5.24. The van der Waals surface area contributed by atoms with Crippen LogP contribution in [-0.2, 0) is 11.3 Å². The first-order chi connectivity index (χ1) is 12.1. The van der Waals surface area contributed by atoms with Crippen LogP contribution < -0.4 is 0 Å². The number of rotatable bonds is 6. The molecule has 0 atom stereocenters. The fourth-order valence-electron chi connectivity index (χ4n) is 3.86. The molecule has 1 aliphatic rings. The lowest BCUT2D eigenvalue weighted by atomic mass is 9.90. The second-order valence-corrected chi connectivity index (χ2v) is 7.47. The number of hydrogen-bond acceptors (Lipinski definition) is 3. The van der Waals surface area contributed by atoms with Crippen molar-refractivity contribution in [1.29, 1.82) is 0 Å². The maximum atomic E-state index is 5.90. The van der Waals surface area contributed by atoms with E-state index in [1.165, 1.54) is 16.7 Å². The van der Waals surface area contributed by atoms with Crippen LogP contribution in [0.1, 0.15) is 18.4 Å². The number of likely N-dealkylation sites (N-methyl/N-ethyl adjacent to an activating group) is 1. The summed E-state index contributed by atoms with van der Waals surface area (Å²) in [5.41, 5.74) is 3.99. The van der Waals surface area contributed by atoms with Gasteiger partial charge in [0.25, 0.3) is 0 Å². The van der Waals surface area contributed by atoms with Crippen molar-refractivity contribution in [2.45, 2.75) is 25.0 Å². The number of benzene rings is 2. The van der Waals surface area contributed by atoms with E-state index in [-0.39, 0.29) is 5.60 Å². The largest absolute Gasteiger partial charge is 0.377 e. The summed E-state index contributed by atoms with van der Waals surface area (Å²) in [5, 5.41) is 0. The number of likely N-dealkylation sites (tertiary alicyclic amines) is 1. The fourth-order valence-corrected chi connectivity index (χ4v) is 3.86. The number of hydrogen-bond donors (Lipinski definition) is 0. The molecule has 134 valence electrons. The smallest absolute Gasteiger partial charge is 0.0829 e. The second-order valence-electron chi connectivity index (χ2n) is 7.47. The Balaban J connectivity index is 1.63. The second kappa shape index (κ2) is 8.13. The molecule has 3 rings (SSSR count). The quantitative estimate of drug-likeness (QED) is 0.794. The van der Waals surface area contributed by atoms with Gasteiger partial charge >= 0.3 is 0 Å². The molecule has 1 fully saturated rings. The molecule has 0 N–H and O–H groups in total. The summed E-state index contributed by atoms with van der Waals surface area (Å²) in [6, 6.07) is 19.6. The van der Waals surface area contributed by atoms with Crippen molar-refractivity contribution >= 4 is 0 Å². The molecule has 0 aliphatic carbocycles. The van der Waals surface area contributed by atoms with Crippen LogP contribution in [-0.4, -0.2) is 56.2 Å². The summed E-state index contributed by atoms with van der Waals surface area (Å²) in [6.45, 7) is 4.21. The summed E-state index contributed by atoms with van der Waals surface area (Å²) < 4.78 is 5.90. The Bertz CT molecular complexity index is 661. The monoisotopic (exact) mass is 338 g/mol. The molecule has 1 heterocycles. The highest BCUT2D eigenvalue weighted by Gasteiger charge is 2.34. The van der Waals surface area contributed by atoms with Crippen molar-refractivity contribution in [3.05, 3.63) is 60.2 Å². The number of methoxy groups -OCH3 is 1. The van der Waals surface area contributed by atoms with Crippen molar-refractivity contribution in [2.75, 3.05) is 40.8 Å². The van der Waals surface area contributed by atoms with Gasteiger partial charge in [0.15, 0.2) is 0 Å². The molecule has 1 saturated heterocycles. The first kappa shape index (κ1) is 18.1. The molecule has 0 aromatic heterocycles. The summed E-state index contributed by atoms with van der Waals surface area (Å²) in [7, 11) is 6.12. The topological polar surface area (TPSA) is 15.7 Å². The normalized spacial score (nSPS) is 17.8. The van der Waals surface area contributed by atoms with E-state index in [1.807, 2.05) is 7.11 Å². The summed E-state index contributed by atoms with van der Waals surface area (Å²) >= 11 is 0. The molecule has 3 heteroatoms. The van der Waals surface area contributed by atoms with Crippen LogP contribution in [0.3, 0.4) is 0 Å². The Kier molecular flexibility index (Phi) is 5.89. The first-order valence-electron chi connectivity index (χ1n) is 9.17. The molecule has 0 amide bonds. The Morgan fingerprint density at radius 3 is 2.28 bits per heavy atom. The zero-order chi connectivity index (χ0) is 17.7. The van der Waals surface area contributed by atoms with Crippen LogP contribution in [0.25, 0.3) is 11.1 Å². The average molecular weight is 338 g/mol. The highest BCUT2D eigenvalue weighted by atomic mass is 16.5. The molecule has 2 aromatic rings. The van der Waals surface area contributed by atoms with Crippen LogP contribution in [0.15, 0.2) is 54.6 Å². The van der Waals surface area contributed by atoms with Gasteiger partial charge in [0, 0.05) is 33.3 Å². The Morgan fingerprint density at radius 2 is 1.64 bits per heavy atom. The Hall–Kier alpha value is -1.68. The van der Waals surface area contributed by atoms with E-state index in [9.17, 15) is 0 Å². The first-order valence-corrected chi connectivity index (χ1v) is 9.17. The van der Waals surface area contributed by atoms with E-state index in [0.717, 1.165) is 39.0 Å². The molecule has 3 nitrogen and oxygen atoms in total. The standard InChI is InChI=1S/C22H30N2O/c1-23(2)18-22(25-3)12-14-24(15-13-22)17-19-8-7-11-21(16-19)20-9-5-4-6-10-20/h4-11,16H,12-15,17-18H2,1-3H3. The lowest BCUT2D eigenvalue weighted by Gasteiger charge is -2.42. The fraction of sp³-hybridized carbons (Fsp3) is 0.455. The van der Waals surface area contributed by atoms with Crippen LogP contribution in [0.2, 0.25) is 0 Å². The van der Waals surface area contributed by atoms with Gasteiger partial charge in [0.05, 0.1) is 5.60 Å². The summed E-state index contributed by atoms with van der Waals surface area (Å²) in [5.74, 6) is 0. The lowest BCUT2D eigenvalue weighted by molar-refractivity contribution is -0.0712. The number of nitrogens with zero attached hydrogens (tertiary/aromatic N) is 2. The van der Waals surface area contributed by atoms with E-state index in [0.29, 0.717) is 0 Å². The lowest BCUT2D eigenvalue weighted by Crippen LogP contribution is -2.50. The molecule has 25 heavy (non-hydrogen) atoms. The third kappa shape index (κ3) is 4.69. The van der Waals surface area contributed by atoms with Gasteiger partial charge in [-0.15, -0.1) is 0 Å². The zero-order valence-corrected chi connectivity index (χ0v) is 15.7. The molecule has 0 bridgehead atoms.